The molecule has 1 aromatic heterocycles. The normalized spacial score (nSPS) is 20.7. The Labute approximate surface area is 126 Å². The van der Waals surface area contributed by atoms with Crippen molar-refractivity contribution in [3.63, 3.8) is 0 Å². The first kappa shape index (κ1) is 14.5. The molecule has 0 atom stereocenters. The van der Waals surface area contributed by atoms with E-state index in [9.17, 15) is 4.79 Å². The van der Waals surface area contributed by atoms with Crippen molar-refractivity contribution in [1.82, 2.24) is 4.98 Å². The average Bonchev–Trinajstić information content (AvgIpc) is 3.04. The lowest BCUT2D eigenvalue weighted by Gasteiger charge is -2.19. The number of amides is 1. The average molecular weight is 288 g/mol. The first-order valence-corrected chi connectivity index (χ1v) is 7.92. The van der Waals surface area contributed by atoms with Gasteiger partial charge in [0, 0.05) is 5.41 Å². The van der Waals surface area contributed by atoms with Gasteiger partial charge in [-0.3, -0.25) is 4.79 Å². The zero-order chi connectivity index (χ0) is 15.0. The Balaban J connectivity index is 1.89. The number of ether oxygens (including phenoxy) is 1. The van der Waals surface area contributed by atoms with E-state index in [4.69, 9.17) is 10.5 Å². The lowest BCUT2D eigenvalue weighted by atomic mass is 9.90. The van der Waals surface area contributed by atoms with Crippen molar-refractivity contribution in [2.24, 2.45) is 5.73 Å². The summed E-state index contributed by atoms with van der Waals surface area (Å²) >= 11 is 0. The molecule has 0 unspecified atom stereocenters. The fraction of sp³-hybridized carbons (Fsp3) is 0.647. The van der Waals surface area contributed by atoms with E-state index in [-0.39, 0.29) is 5.41 Å². The number of carbonyl (C=O) groups excluding carboxylic acids is 1. The second kappa shape index (κ2) is 5.41. The molecule has 1 aromatic rings. The minimum absolute atomic E-state index is 0.0168. The van der Waals surface area contributed by atoms with Gasteiger partial charge in [-0.1, -0.05) is 26.7 Å². The van der Waals surface area contributed by atoms with Gasteiger partial charge in [-0.15, -0.1) is 0 Å². The van der Waals surface area contributed by atoms with Gasteiger partial charge >= 0.3 is 0 Å². The van der Waals surface area contributed by atoms with Crippen LogP contribution in [0, 0.1) is 0 Å². The van der Waals surface area contributed by atoms with Gasteiger partial charge in [0.1, 0.15) is 5.69 Å². The van der Waals surface area contributed by atoms with Gasteiger partial charge < -0.3 is 10.5 Å². The number of fused-ring (bicyclic) bond motifs is 1. The van der Waals surface area contributed by atoms with Crippen LogP contribution in [0.1, 0.15) is 73.3 Å². The number of nitrogens with zero attached hydrogens (tertiary/aromatic N) is 1. The van der Waals surface area contributed by atoms with Crippen LogP contribution < -0.4 is 5.73 Å². The van der Waals surface area contributed by atoms with Gasteiger partial charge in [0.25, 0.3) is 5.91 Å². The van der Waals surface area contributed by atoms with Crippen LogP contribution in [0.15, 0.2) is 6.07 Å². The molecule has 1 fully saturated rings. The van der Waals surface area contributed by atoms with Gasteiger partial charge in [-0.05, 0) is 42.9 Å². The molecule has 0 spiro atoms. The third kappa shape index (κ3) is 2.82. The second-order valence-electron chi connectivity index (χ2n) is 6.96. The predicted molar refractivity (Wildman–Crippen MR) is 81.1 cm³/mol. The Morgan fingerprint density at radius 2 is 2.14 bits per heavy atom. The molecule has 2 aliphatic carbocycles. The summed E-state index contributed by atoms with van der Waals surface area (Å²) in [6.07, 6.45) is 7.28. The molecule has 0 aliphatic heterocycles. The van der Waals surface area contributed by atoms with E-state index in [0.717, 1.165) is 36.9 Å². The largest absolute Gasteiger partial charge is 0.374 e. The molecule has 1 heterocycles. The fourth-order valence-corrected chi connectivity index (χ4v) is 3.54. The number of primary amides is 1. The molecule has 0 aromatic carbocycles. The minimum Gasteiger partial charge on any atom is -0.374 e. The maximum atomic E-state index is 11.5. The van der Waals surface area contributed by atoms with Crippen LogP contribution in [0.4, 0.5) is 0 Å². The minimum atomic E-state index is -0.456. The van der Waals surface area contributed by atoms with Crippen LogP contribution in [0.25, 0.3) is 0 Å². The van der Waals surface area contributed by atoms with Gasteiger partial charge in [0.2, 0.25) is 0 Å². The number of hydrogen-bond acceptors (Lipinski definition) is 3. The number of rotatable bonds is 4. The maximum Gasteiger partial charge on any atom is 0.267 e. The van der Waals surface area contributed by atoms with Crippen LogP contribution in [-0.4, -0.2) is 17.0 Å². The van der Waals surface area contributed by atoms with E-state index >= 15 is 0 Å². The zero-order valence-corrected chi connectivity index (χ0v) is 12.9. The summed E-state index contributed by atoms with van der Waals surface area (Å²) < 4.78 is 6.04. The fourth-order valence-electron chi connectivity index (χ4n) is 3.54. The molecule has 4 heteroatoms. The Morgan fingerprint density at radius 1 is 1.43 bits per heavy atom. The molecule has 0 radical (unpaired) electrons. The molecular formula is C17H24N2O2. The van der Waals surface area contributed by atoms with Gasteiger partial charge in [-0.2, -0.15) is 0 Å². The first-order chi connectivity index (χ1) is 9.97. The molecule has 4 nitrogen and oxygen atoms in total. The predicted octanol–water partition coefficient (Wildman–Crippen LogP) is 2.86. The molecule has 0 saturated heterocycles. The van der Waals surface area contributed by atoms with Crippen molar-refractivity contribution < 1.29 is 9.53 Å². The van der Waals surface area contributed by atoms with Crippen molar-refractivity contribution in [3.05, 3.63) is 28.6 Å². The van der Waals surface area contributed by atoms with Crippen LogP contribution >= 0.6 is 0 Å². The maximum absolute atomic E-state index is 11.5. The van der Waals surface area contributed by atoms with Crippen LogP contribution in [0.3, 0.4) is 0 Å². The first-order valence-electron chi connectivity index (χ1n) is 7.92. The quantitative estimate of drug-likeness (QED) is 0.926. The summed E-state index contributed by atoms with van der Waals surface area (Å²) in [7, 11) is 0. The lowest BCUT2D eigenvalue weighted by molar-refractivity contribution is 0.0452. The van der Waals surface area contributed by atoms with E-state index in [0.29, 0.717) is 18.4 Å². The molecule has 21 heavy (non-hydrogen) atoms. The van der Waals surface area contributed by atoms with E-state index in [1.807, 2.05) is 6.07 Å². The topological polar surface area (TPSA) is 65.2 Å². The van der Waals surface area contributed by atoms with Crippen LogP contribution in [0.5, 0.6) is 0 Å². The van der Waals surface area contributed by atoms with E-state index in [1.165, 1.54) is 18.4 Å². The van der Waals surface area contributed by atoms with E-state index in [1.54, 1.807) is 0 Å². The Morgan fingerprint density at radius 3 is 2.81 bits per heavy atom. The number of aromatic nitrogens is 1. The summed E-state index contributed by atoms with van der Waals surface area (Å²) in [5.74, 6) is -0.456. The molecule has 2 N–H and O–H groups in total. The van der Waals surface area contributed by atoms with Crippen molar-refractivity contribution in [1.29, 1.82) is 0 Å². The van der Waals surface area contributed by atoms with E-state index in [2.05, 4.69) is 18.8 Å². The van der Waals surface area contributed by atoms with Crippen LogP contribution in [0.2, 0.25) is 0 Å². The molecule has 2 aliphatic rings. The Hall–Kier alpha value is -1.42. The summed E-state index contributed by atoms with van der Waals surface area (Å²) in [6.45, 7) is 4.93. The van der Waals surface area contributed by atoms with Crippen LogP contribution in [-0.2, 0) is 23.2 Å². The third-order valence-electron chi connectivity index (χ3n) is 4.89. The van der Waals surface area contributed by atoms with E-state index < -0.39 is 5.91 Å². The number of hydrogen-bond donors (Lipinski definition) is 1. The third-order valence-corrected chi connectivity index (χ3v) is 4.89. The highest BCUT2D eigenvalue weighted by Gasteiger charge is 2.34. The molecule has 114 valence electrons. The van der Waals surface area contributed by atoms with Gasteiger partial charge in [-0.25, -0.2) is 4.98 Å². The van der Waals surface area contributed by atoms with Gasteiger partial charge in [0.15, 0.2) is 0 Å². The number of pyridine rings is 1. The summed E-state index contributed by atoms with van der Waals surface area (Å²) in [5.41, 5.74) is 9.23. The lowest BCUT2D eigenvalue weighted by Crippen LogP contribution is -2.20. The summed E-state index contributed by atoms with van der Waals surface area (Å²) in [4.78, 5) is 16.1. The SMILES string of the molecule is CC1(C)CCc2c(COC3CCCC3)cc(C(N)=O)nc21. The summed E-state index contributed by atoms with van der Waals surface area (Å²) in [5, 5.41) is 0. The van der Waals surface area contributed by atoms with Crippen molar-refractivity contribution >= 4 is 5.91 Å². The molecule has 1 amide bonds. The highest BCUT2D eigenvalue weighted by Crippen LogP contribution is 2.39. The molecule has 1 saturated carbocycles. The van der Waals surface area contributed by atoms with Crippen molar-refractivity contribution in [3.8, 4) is 0 Å². The number of nitrogens with two attached hydrogens (primary N) is 1. The molecule has 3 rings (SSSR count). The Bertz CT molecular complexity index is 560. The van der Waals surface area contributed by atoms with Crippen molar-refractivity contribution in [2.75, 3.05) is 0 Å². The zero-order valence-electron chi connectivity index (χ0n) is 12.9. The highest BCUT2D eigenvalue weighted by molar-refractivity contribution is 5.91. The smallest absolute Gasteiger partial charge is 0.267 e. The number of carbonyl (C=O) groups is 1. The Kier molecular flexibility index (Phi) is 3.74. The second-order valence-corrected chi connectivity index (χ2v) is 6.96. The monoisotopic (exact) mass is 288 g/mol. The van der Waals surface area contributed by atoms with Crippen molar-refractivity contribution in [2.45, 2.75) is 70.5 Å². The molecule has 0 bridgehead atoms. The van der Waals surface area contributed by atoms with Gasteiger partial charge in [0.05, 0.1) is 18.4 Å². The molecular weight excluding hydrogens is 264 g/mol. The highest BCUT2D eigenvalue weighted by atomic mass is 16.5. The summed E-state index contributed by atoms with van der Waals surface area (Å²) in [6, 6.07) is 1.83. The standard InChI is InChI=1S/C17H24N2O2/c1-17(2)8-7-13-11(10-21-12-5-3-4-6-12)9-14(16(18)20)19-15(13)17/h9,12H,3-8,10H2,1-2H3,(H2,18,20).